The van der Waals surface area contributed by atoms with Crippen LogP contribution in [0.5, 0.6) is 0 Å². The molecule has 1 aliphatic heterocycles. The maximum Gasteiger partial charge on any atom is 0.310 e. The lowest BCUT2D eigenvalue weighted by Crippen LogP contribution is -2.40. The summed E-state index contributed by atoms with van der Waals surface area (Å²) in [5.41, 5.74) is -0.501. The van der Waals surface area contributed by atoms with Gasteiger partial charge in [0.2, 0.25) is 0 Å². The normalized spacial score (nSPS) is 39.4. The van der Waals surface area contributed by atoms with Gasteiger partial charge in [-0.25, -0.2) is 0 Å². The van der Waals surface area contributed by atoms with Crippen molar-refractivity contribution >= 4 is 5.97 Å². The van der Waals surface area contributed by atoms with Gasteiger partial charge < -0.3 is 5.11 Å². The summed E-state index contributed by atoms with van der Waals surface area (Å²) in [4.78, 5) is 13.7. The third-order valence-electron chi connectivity index (χ3n) is 4.87. The first-order chi connectivity index (χ1) is 8.05. The largest absolute Gasteiger partial charge is 0.481 e. The lowest BCUT2D eigenvalue weighted by atomic mass is 9.83. The number of hydrogen-bond acceptors (Lipinski definition) is 2. The second-order valence-corrected chi connectivity index (χ2v) is 6.18. The molecule has 0 amide bonds. The van der Waals surface area contributed by atoms with E-state index in [2.05, 4.69) is 11.8 Å². The number of likely N-dealkylation sites (tertiary alicyclic amines) is 1. The molecule has 0 aromatic rings. The van der Waals surface area contributed by atoms with Crippen molar-refractivity contribution in [2.24, 2.45) is 11.3 Å². The van der Waals surface area contributed by atoms with Crippen molar-refractivity contribution in [1.29, 1.82) is 0 Å². The Morgan fingerprint density at radius 1 is 1.47 bits per heavy atom. The molecule has 3 heteroatoms. The standard InChI is InChI=1S/C14H25NO2/c1-3-11-5-4-6-12(9-11)15-8-7-14(2,10-15)13(16)17/h11-12H,3-10H2,1-2H3,(H,16,17). The minimum Gasteiger partial charge on any atom is -0.481 e. The molecule has 1 N–H and O–H groups in total. The van der Waals surface area contributed by atoms with E-state index in [0.717, 1.165) is 25.4 Å². The highest BCUT2D eigenvalue weighted by molar-refractivity contribution is 5.74. The fourth-order valence-corrected chi connectivity index (χ4v) is 3.45. The summed E-state index contributed by atoms with van der Waals surface area (Å²) < 4.78 is 0. The summed E-state index contributed by atoms with van der Waals surface area (Å²) >= 11 is 0. The second-order valence-electron chi connectivity index (χ2n) is 6.18. The molecule has 3 unspecified atom stereocenters. The van der Waals surface area contributed by atoms with Crippen LogP contribution in [0.2, 0.25) is 0 Å². The van der Waals surface area contributed by atoms with Crippen LogP contribution in [-0.4, -0.2) is 35.1 Å². The number of carboxylic acids is 1. The van der Waals surface area contributed by atoms with E-state index in [9.17, 15) is 9.90 Å². The summed E-state index contributed by atoms with van der Waals surface area (Å²) in [5.74, 6) is 0.244. The summed E-state index contributed by atoms with van der Waals surface area (Å²) in [7, 11) is 0. The van der Waals surface area contributed by atoms with E-state index >= 15 is 0 Å². The van der Waals surface area contributed by atoms with Gasteiger partial charge in [-0.05, 0) is 38.6 Å². The summed E-state index contributed by atoms with van der Waals surface area (Å²) in [6.07, 6.45) is 7.34. The number of hydrogen-bond donors (Lipinski definition) is 1. The zero-order chi connectivity index (χ0) is 12.5. The molecule has 0 spiro atoms. The molecule has 1 aliphatic carbocycles. The summed E-state index contributed by atoms with van der Waals surface area (Å²) in [6.45, 7) is 5.90. The van der Waals surface area contributed by atoms with Crippen LogP contribution in [0, 0.1) is 11.3 Å². The number of nitrogens with zero attached hydrogens (tertiary/aromatic N) is 1. The lowest BCUT2D eigenvalue weighted by Gasteiger charge is -2.35. The van der Waals surface area contributed by atoms with Gasteiger partial charge in [0.15, 0.2) is 0 Å². The average molecular weight is 239 g/mol. The Hall–Kier alpha value is -0.570. The van der Waals surface area contributed by atoms with Crippen LogP contribution in [0.3, 0.4) is 0 Å². The second kappa shape index (κ2) is 4.97. The lowest BCUT2D eigenvalue weighted by molar-refractivity contribution is -0.147. The highest BCUT2D eigenvalue weighted by atomic mass is 16.4. The van der Waals surface area contributed by atoms with Crippen molar-refractivity contribution in [1.82, 2.24) is 4.90 Å². The minimum absolute atomic E-state index is 0.501. The van der Waals surface area contributed by atoms with E-state index in [1.165, 1.54) is 32.1 Å². The highest BCUT2D eigenvalue weighted by Gasteiger charge is 2.42. The van der Waals surface area contributed by atoms with Gasteiger partial charge >= 0.3 is 5.97 Å². The molecule has 1 heterocycles. The van der Waals surface area contributed by atoms with Gasteiger partial charge in [-0.1, -0.05) is 26.2 Å². The van der Waals surface area contributed by atoms with Gasteiger partial charge in [-0.15, -0.1) is 0 Å². The Bertz CT molecular complexity index is 292. The van der Waals surface area contributed by atoms with Crippen LogP contribution in [0.4, 0.5) is 0 Å². The molecule has 2 aliphatic rings. The van der Waals surface area contributed by atoms with E-state index in [1.807, 2.05) is 6.92 Å². The Morgan fingerprint density at radius 3 is 2.82 bits per heavy atom. The average Bonchev–Trinajstić information content (AvgIpc) is 2.74. The maximum absolute atomic E-state index is 11.2. The van der Waals surface area contributed by atoms with Crippen molar-refractivity contribution in [3.8, 4) is 0 Å². The van der Waals surface area contributed by atoms with Crippen molar-refractivity contribution in [3.63, 3.8) is 0 Å². The fraction of sp³-hybridized carbons (Fsp3) is 0.929. The first kappa shape index (κ1) is 12.9. The Morgan fingerprint density at radius 2 is 2.24 bits per heavy atom. The van der Waals surface area contributed by atoms with Crippen LogP contribution < -0.4 is 0 Å². The molecule has 0 aromatic heterocycles. The van der Waals surface area contributed by atoms with Gasteiger partial charge in [-0.2, -0.15) is 0 Å². The summed E-state index contributed by atoms with van der Waals surface area (Å²) in [6, 6.07) is 0.648. The Kier molecular flexibility index (Phi) is 3.76. The smallest absolute Gasteiger partial charge is 0.310 e. The number of rotatable bonds is 3. The van der Waals surface area contributed by atoms with Crippen LogP contribution in [0.25, 0.3) is 0 Å². The molecule has 2 rings (SSSR count). The van der Waals surface area contributed by atoms with Crippen molar-refractivity contribution in [2.45, 2.75) is 58.4 Å². The predicted octanol–water partition coefficient (Wildman–Crippen LogP) is 2.75. The monoisotopic (exact) mass is 239 g/mol. The quantitative estimate of drug-likeness (QED) is 0.823. The van der Waals surface area contributed by atoms with Crippen molar-refractivity contribution < 1.29 is 9.90 Å². The van der Waals surface area contributed by atoms with Gasteiger partial charge in [0.05, 0.1) is 5.41 Å². The number of aliphatic carboxylic acids is 1. The van der Waals surface area contributed by atoms with E-state index < -0.39 is 11.4 Å². The van der Waals surface area contributed by atoms with E-state index in [1.54, 1.807) is 0 Å². The molecular formula is C14H25NO2. The first-order valence-corrected chi connectivity index (χ1v) is 7.02. The molecule has 3 nitrogen and oxygen atoms in total. The minimum atomic E-state index is -0.622. The van der Waals surface area contributed by atoms with Gasteiger partial charge in [-0.3, -0.25) is 9.69 Å². The third-order valence-corrected chi connectivity index (χ3v) is 4.87. The van der Waals surface area contributed by atoms with Gasteiger partial charge in [0, 0.05) is 12.6 Å². The Labute approximate surface area is 104 Å². The van der Waals surface area contributed by atoms with E-state index in [-0.39, 0.29) is 0 Å². The molecule has 0 bridgehead atoms. The predicted molar refractivity (Wildman–Crippen MR) is 68.0 cm³/mol. The van der Waals surface area contributed by atoms with Crippen molar-refractivity contribution in [3.05, 3.63) is 0 Å². The molecule has 17 heavy (non-hydrogen) atoms. The zero-order valence-corrected chi connectivity index (χ0v) is 11.1. The van der Waals surface area contributed by atoms with Crippen LogP contribution in [0.15, 0.2) is 0 Å². The molecule has 1 saturated carbocycles. The third kappa shape index (κ3) is 2.65. The molecule has 98 valence electrons. The fourth-order valence-electron chi connectivity index (χ4n) is 3.45. The molecule has 2 fully saturated rings. The van der Waals surface area contributed by atoms with E-state index in [4.69, 9.17) is 0 Å². The first-order valence-electron chi connectivity index (χ1n) is 7.02. The van der Waals surface area contributed by atoms with Gasteiger partial charge in [0.1, 0.15) is 0 Å². The Balaban J connectivity index is 1.94. The molecular weight excluding hydrogens is 214 g/mol. The zero-order valence-electron chi connectivity index (χ0n) is 11.1. The van der Waals surface area contributed by atoms with Crippen LogP contribution >= 0.6 is 0 Å². The topological polar surface area (TPSA) is 40.5 Å². The maximum atomic E-state index is 11.2. The highest BCUT2D eigenvalue weighted by Crippen LogP contribution is 2.36. The van der Waals surface area contributed by atoms with E-state index in [0.29, 0.717) is 6.04 Å². The number of carboxylic acid groups (broad SMARTS) is 1. The van der Waals surface area contributed by atoms with Crippen LogP contribution in [-0.2, 0) is 4.79 Å². The van der Waals surface area contributed by atoms with Crippen LogP contribution in [0.1, 0.15) is 52.4 Å². The molecule has 0 radical (unpaired) electrons. The molecule has 3 atom stereocenters. The van der Waals surface area contributed by atoms with Gasteiger partial charge in [0.25, 0.3) is 0 Å². The summed E-state index contributed by atoms with van der Waals surface area (Å²) in [5, 5.41) is 9.26. The molecule has 0 aromatic carbocycles. The number of carbonyl (C=O) groups is 1. The molecule has 1 saturated heterocycles. The SMILES string of the molecule is CCC1CCCC(N2CCC(C)(C(=O)O)C2)C1. The van der Waals surface area contributed by atoms with Crippen molar-refractivity contribution in [2.75, 3.05) is 13.1 Å².